The van der Waals surface area contributed by atoms with Crippen molar-refractivity contribution in [1.82, 2.24) is 25.1 Å². The van der Waals surface area contributed by atoms with Crippen LogP contribution in [0.1, 0.15) is 17.8 Å². The van der Waals surface area contributed by atoms with Crippen LogP contribution >= 0.6 is 24.0 Å². The number of aromatic nitrogens is 2. The molecule has 4 atom stereocenters. The maximum atomic E-state index is 12.8. The third-order valence-electron chi connectivity index (χ3n) is 7.11. The van der Waals surface area contributed by atoms with Gasteiger partial charge in [-0.1, -0.05) is 42.5 Å². The summed E-state index contributed by atoms with van der Waals surface area (Å²) in [5.74, 6) is 1.74. The SMILES string of the molecule is CN=C(NCCN1C(=O)C2C3C=CC(C3)C2C1=O)NCc1nccn1CCc1ccccc1.I. The van der Waals surface area contributed by atoms with Crippen molar-refractivity contribution in [1.29, 1.82) is 0 Å². The maximum Gasteiger partial charge on any atom is 0.233 e. The Labute approximate surface area is 216 Å². The number of aliphatic imine (C=N–C) groups is 1. The predicted molar refractivity (Wildman–Crippen MR) is 140 cm³/mol. The van der Waals surface area contributed by atoms with Crippen LogP contribution < -0.4 is 10.6 Å². The van der Waals surface area contributed by atoms with Gasteiger partial charge in [0.05, 0.1) is 18.4 Å². The number of carbonyl (C=O) groups is 2. The minimum atomic E-state index is -0.139. The zero-order valence-electron chi connectivity index (χ0n) is 19.3. The van der Waals surface area contributed by atoms with E-state index < -0.39 is 0 Å². The van der Waals surface area contributed by atoms with Crippen LogP contribution in [0.4, 0.5) is 0 Å². The van der Waals surface area contributed by atoms with Crippen molar-refractivity contribution < 1.29 is 9.59 Å². The largest absolute Gasteiger partial charge is 0.355 e. The van der Waals surface area contributed by atoms with Gasteiger partial charge >= 0.3 is 0 Å². The Morgan fingerprint density at radius 3 is 2.44 bits per heavy atom. The van der Waals surface area contributed by atoms with Gasteiger partial charge in [-0.25, -0.2) is 4.98 Å². The number of imidazole rings is 1. The summed E-state index contributed by atoms with van der Waals surface area (Å²) in [6, 6.07) is 10.4. The lowest BCUT2D eigenvalue weighted by Gasteiger charge is -2.18. The van der Waals surface area contributed by atoms with Gasteiger partial charge in [0.25, 0.3) is 0 Å². The molecule has 2 aromatic rings. The summed E-state index contributed by atoms with van der Waals surface area (Å²) >= 11 is 0. The first-order valence-corrected chi connectivity index (χ1v) is 11.7. The van der Waals surface area contributed by atoms with E-state index in [0.29, 0.717) is 25.6 Å². The third-order valence-corrected chi connectivity index (χ3v) is 7.11. The van der Waals surface area contributed by atoms with Gasteiger partial charge in [-0.05, 0) is 30.2 Å². The highest BCUT2D eigenvalue weighted by molar-refractivity contribution is 14.0. The van der Waals surface area contributed by atoms with E-state index in [2.05, 4.69) is 61.6 Å². The summed E-state index contributed by atoms with van der Waals surface area (Å²) in [5, 5.41) is 6.50. The van der Waals surface area contributed by atoms with Crippen molar-refractivity contribution in [2.45, 2.75) is 25.9 Å². The van der Waals surface area contributed by atoms with Crippen LogP contribution in [0, 0.1) is 23.7 Å². The first-order chi connectivity index (χ1) is 16.2. The summed E-state index contributed by atoms with van der Waals surface area (Å²) in [5.41, 5.74) is 1.29. The number of allylic oxidation sites excluding steroid dienone is 2. The number of benzene rings is 1. The second-order valence-corrected chi connectivity index (χ2v) is 8.95. The van der Waals surface area contributed by atoms with Gasteiger partial charge < -0.3 is 15.2 Å². The highest BCUT2D eigenvalue weighted by Gasteiger charge is 2.58. The molecule has 2 bridgehead atoms. The lowest BCUT2D eigenvalue weighted by molar-refractivity contribution is -0.140. The van der Waals surface area contributed by atoms with Crippen LogP contribution in [0.25, 0.3) is 0 Å². The number of carbonyl (C=O) groups excluding carboxylic acids is 2. The summed E-state index contributed by atoms with van der Waals surface area (Å²) < 4.78 is 2.13. The van der Waals surface area contributed by atoms with Crippen molar-refractivity contribution in [3.8, 4) is 0 Å². The average Bonchev–Trinajstić information content (AvgIpc) is 3.61. The third kappa shape index (κ3) is 4.75. The molecular formula is C25H31IN6O2. The normalized spacial score (nSPS) is 25.0. The number of likely N-dealkylation sites (tertiary alicyclic amines) is 1. The lowest BCUT2D eigenvalue weighted by Crippen LogP contribution is -2.43. The molecule has 180 valence electrons. The van der Waals surface area contributed by atoms with E-state index >= 15 is 0 Å². The Morgan fingerprint density at radius 2 is 1.76 bits per heavy atom. The van der Waals surface area contributed by atoms with Crippen molar-refractivity contribution in [3.63, 3.8) is 0 Å². The molecule has 8 nitrogen and oxygen atoms in total. The van der Waals surface area contributed by atoms with Gasteiger partial charge in [0.1, 0.15) is 5.82 Å². The minimum absolute atomic E-state index is 0. The molecule has 1 aromatic heterocycles. The number of fused-ring (bicyclic) bond motifs is 5. The number of guanidine groups is 1. The van der Waals surface area contributed by atoms with Crippen LogP contribution in [0.2, 0.25) is 0 Å². The predicted octanol–water partition coefficient (Wildman–Crippen LogP) is 2.22. The monoisotopic (exact) mass is 574 g/mol. The second kappa shape index (κ2) is 10.7. The zero-order valence-corrected chi connectivity index (χ0v) is 21.6. The molecule has 1 saturated heterocycles. The van der Waals surface area contributed by atoms with E-state index in [0.717, 1.165) is 25.2 Å². The van der Waals surface area contributed by atoms with Gasteiger partial charge in [0, 0.05) is 39.1 Å². The first kappa shape index (κ1) is 24.4. The van der Waals surface area contributed by atoms with Crippen molar-refractivity contribution in [2.75, 3.05) is 20.1 Å². The molecule has 4 unspecified atom stereocenters. The maximum absolute atomic E-state index is 12.8. The summed E-state index contributed by atoms with van der Waals surface area (Å²) in [7, 11) is 1.71. The van der Waals surface area contributed by atoms with Gasteiger partial charge in [-0.15, -0.1) is 24.0 Å². The number of rotatable bonds is 8. The Morgan fingerprint density at radius 1 is 1.06 bits per heavy atom. The van der Waals surface area contributed by atoms with Gasteiger partial charge in [-0.2, -0.15) is 0 Å². The molecule has 2 fully saturated rings. The van der Waals surface area contributed by atoms with E-state index in [9.17, 15) is 9.59 Å². The number of hydrogen-bond donors (Lipinski definition) is 2. The van der Waals surface area contributed by atoms with Crippen molar-refractivity contribution in [2.24, 2.45) is 28.7 Å². The zero-order chi connectivity index (χ0) is 22.8. The molecule has 0 spiro atoms. The summed E-state index contributed by atoms with van der Waals surface area (Å²) in [6.45, 7) is 2.20. The number of hydrogen-bond acceptors (Lipinski definition) is 4. The molecule has 2 heterocycles. The van der Waals surface area contributed by atoms with Crippen LogP contribution in [0.3, 0.4) is 0 Å². The molecular weight excluding hydrogens is 543 g/mol. The van der Waals surface area contributed by atoms with Crippen LogP contribution in [-0.4, -0.2) is 52.4 Å². The quantitative estimate of drug-likeness (QED) is 0.166. The smallest absolute Gasteiger partial charge is 0.233 e. The molecule has 2 N–H and O–H groups in total. The summed E-state index contributed by atoms with van der Waals surface area (Å²) in [6.07, 6.45) is 9.93. The molecule has 3 aliphatic rings. The fourth-order valence-corrected chi connectivity index (χ4v) is 5.46. The van der Waals surface area contributed by atoms with E-state index in [4.69, 9.17) is 0 Å². The van der Waals surface area contributed by atoms with Gasteiger partial charge in [0.15, 0.2) is 5.96 Å². The van der Waals surface area contributed by atoms with Gasteiger partial charge in [0.2, 0.25) is 11.8 Å². The summed E-state index contributed by atoms with van der Waals surface area (Å²) in [4.78, 5) is 35.8. The Balaban J connectivity index is 0.00000274. The molecule has 5 rings (SSSR count). The molecule has 2 amide bonds. The van der Waals surface area contributed by atoms with Crippen LogP contribution in [0.15, 0.2) is 59.9 Å². The molecule has 1 aliphatic heterocycles. The van der Waals surface area contributed by atoms with Crippen molar-refractivity contribution in [3.05, 3.63) is 66.3 Å². The highest BCUT2D eigenvalue weighted by atomic mass is 127. The Kier molecular flexibility index (Phi) is 7.70. The van der Waals surface area contributed by atoms with E-state index in [1.165, 1.54) is 10.5 Å². The fraction of sp³-hybridized carbons (Fsp3) is 0.440. The van der Waals surface area contributed by atoms with Crippen LogP contribution in [0.5, 0.6) is 0 Å². The van der Waals surface area contributed by atoms with E-state index in [1.807, 2.05) is 18.5 Å². The van der Waals surface area contributed by atoms with Crippen LogP contribution in [-0.2, 0) is 29.1 Å². The number of nitrogens with one attached hydrogen (secondary N) is 2. The molecule has 1 aromatic carbocycles. The first-order valence-electron chi connectivity index (χ1n) is 11.7. The Hall–Kier alpha value is -2.69. The lowest BCUT2D eigenvalue weighted by atomic mass is 9.85. The molecule has 34 heavy (non-hydrogen) atoms. The number of amides is 2. The number of imide groups is 1. The Bertz CT molecular complexity index is 1050. The fourth-order valence-electron chi connectivity index (χ4n) is 5.46. The highest BCUT2D eigenvalue weighted by Crippen LogP contribution is 2.52. The van der Waals surface area contributed by atoms with E-state index in [-0.39, 0.29) is 59.5 Å². The number of nitrogens with zero attached hydrogens (tertiary/aromatic N) is 4. The van der Waals surface area contributed by atoms with Crippen molar-refractivity contribution >= 4 is 41.8 Å². The minimum Gasteiger partial charge on any atom is -0.355 e. The van der Waals surface area contributed by atoms with Gasteiger partial charge in [-0.3, -0.25) is 19.5 Å². The molecule has 9 heteroatoms. The number of halogens is 1. The molecule has 0 radical (unpaired) electrons. The molecule has 2 aliphatic carbocycles. The average molecular weight is 574 g/mol. The van der Waals surface area contributed by atoms with E-state index in [1.54, 1.807) is 7.05 Å². The standard InChI is InChI=1S/C25H30N6O2.HI/c1-26-25(29-16-20-27-10-13-30(20)12-9-17-5-3-2-4-6-17)28-11-14-31-23(32)21-18-7-8-19(15-18)22(21)24(31)33;/h2-8,10,13,18-19,21-22H,9,11-12,14-16H2,1H3,(H2,26,28,29);1H. The second-order valence-electron chi connectivity index (χ2n) is 8.95. The number of aryl methyl sites for hydroxylation is 2. The molecule has 1 saturated carbocycles. The topological polar surface area (TPSA) is 91.6 Å².